The molecule has 0 aliphatic rings. The molecule has 0 aliphatic carbocycles. The fourth-order valence-corrected chi connectivity index (χ4v) is 6.61. The van der Waals surface area contributed by atoms with E-state index in [1.54, 1.807) is 6.08 Å². The second-order valence-corrected chi connectivity index (χ2v) is 16.5. The number of allylic oxidation sites excluding steroid dienone is 25. The van der Waals surface area contributed by atoms with Crippen molar-refractivity contribution in [1.82, 2.24) is 5.32 Å². The summed E-state index contributed by atoms with van der Waals surface area (Å²) >= 11 is 0. The number of amides is 1. The molecule has 0 saturated heterocycles. The summed E-state index contributed by atoms with van der Waals surface area (Å²) in [4.78, 5) is 12.4. The number of nitrogens with one attached hydrogen (secondary N) is 1. The highest BCUT2D eigenvalue weighted by atomic mass is 16.3. The van der Waals surface area contributed by atoms with Crippen molar-refractivity contribution in [3.63, 3.8) is 0 Å². The number of hydrogen-bond donors (Lipinski definition) is 3. The Labute approximate surface area is 395 Å². The fourth-order valence-electron chi connectivity index (χ4n) is 6.61. The monoisotopic (exact) mass is 878 g/mol. The van der Waals surface area contributed by atoms with Crippen molar-refractivity contribution in [3.05, 3.63) is 158 Å². The van der Waals surface area contributed by atoms with Crippen molar-refractivity contribution >= 4 is 5.91 Å². The van der Waals surface area contributed by atoms with Crippen LogP contribution >= 0.6 is 0 Å². The van der Waals surface area contributed by atoms with Gasteiger partial charge in [-0.1, -0.05) is 230 Å². The summed E-state index contributed by atoms with van der Waals surface area (Å²) in [6.07, 6.45) is 86.6. The zero-order valence-electron chi connectivity index (χ0n) is 41.0. The summed E-state index contributed by atoms with van der Waals surface area (Å²) in [5, 5.41) is 23.0. The molecule has 1 amide bonds. The van der Waals surface area contributed by atoms with Gasteiger partial charge in [0.05, 0.1) is 18.8 Å². The van der Waals surface area contributed by atoms with E-state index < -0.39 is 12.1 Å². The van der Waals surface area contributed by atoms with Gasteiger partial charge in [0.25, 0.3) is 0 Å². The zero-order chi connectivity index (χ0) is 46.3. The van der Waals surface area contributed by atoms with Gasteiger partial charge in [0, 0.05) is 6.42 Å². The van der Waals surface area contributed by atoms with Crippen molar-refractivity contribution in [2.45, 2.75) is 206 Å². The second kappa shape index (κ2) is 53.3. The first kappa shape index (κ1) is 60.0. The molecule has 0 spiro atoms. The topological polar surface area (TPSA) is 69.6 Å². The minimum absolute atomic E-state index is 0.114. The molecule has 0 aromatic heterocycles. The molecule has 3 N–H and O–H groups in total. The lowest BCUT2D eigenvalue weighted by Gasteiger charge is -2.19. The summed E-state index contributed by atoms with van der Waals surface area (Å²) in [7, 11) is 0. The lowest BCUT2D eigenvalue weighted by molar-refractivity contribution is -0.123. The molecule has 0 aromatic rings. The highest BCUT2D eigenvalue weighted by Gasteiger charge is 2.17. The van der Waals surface area contributed by atoms with E-state index in [-0.39, 0.29) is 12.5 Å². The van der Waals surface area contributed by atoms with Crippen molar-refractivity contribution in [2.24, 2.45) is 0 Å². The molecule has 0 aliphatic heterocycles. The molecule has 2 atom stereocenters. The van der Waals surface area contributed by atoms with E-state index in [0.717, 1.165) is 116 Å². The van der Waals surface area contributed by atoms with Crippen LogP contribution in [-0.4, -0.2) is 34.9 Å². The summed E-state index contributed by atoms with van der Waals surface area (Å²) in [5.74, 6) is -0.114. The number of aliphatic hydroxyl groups is 2. The average molecular weight is 878 g/mol. The number of carbonyl (C=O) groups is 1. The first-order chi connectivity index (χ1) is 31.7. The Hall–Kier alpha value is -3.99. The minimum atomic E-state index is -0.888. The normalized spacial score (nSPS) is 14.2. The van der Waals surface area contributed by atoms with E-state index in [1.165, 1.54) is 57.8 Å². The molecule has 0 heterocycles. The van der Waals surface area contributed by atoms with Gasteiger partial charge in [-0.3, -0.25) is 4.79 Å². The lowest BCUT2D eigenvalue weighted by atomic mass is 10.1. The number of rotatable bonds is 44. The highest BCUT2D eigenvalue weighted by molar-refractivity contribution is 5.76. The van der Waals surface area contributed by atoms with Gasteiger partial charge >= 0.3 is 0 Å². The second-order valence-electron chi connectivity index (χ2n) is 16.5. The molecule has 64 heavy (non-hydrogen) atoms. The smallest absolute Gasteiger partial charge is 0.220 e. The maximum atomic E-state index is 12.4. The van der Waals surface area contributed by atoms with Gasteiger partial charge < -0.3 is 15.5 Å². The molecular formula is C60H95NO3. The molecule has 4 heteroatoms. The maximum absolute atomic E-state index is 12.4. The van der Waals surface area contributed by atoms with Crippen LogP contribution in [-0.2, 0) is 4.79 Å². The van der Waals surface area contributed by atoms with Crippen molar-refractivity contribution in [3.8, 4) is 0 Å². The number of aliphatic hydroxyl groups excluding tert-OH is 2. The van der Waals surface area contributed by atoms with E-state index in [1.807, 2.05) is 6.08 Å². The molecule has 4 nitrogen and oxygen atoms in total. The zero-order valence-corrected chi connectivity index (χ0v) is 41.0. The Kier molecular flexibility index (Phi) is 50.0. The third-order valence-corrected chi connectivity index (χ3v) is 10.5. The third kappa shape index (κ3) is 49.0. The van der Waals surface area contributed by atoms with Gasteiger partial charge in [-0.05, 0) is 116 Å². The van der Waals surface area contributed by atoms with Gasteiger partial charge in [-0.25, -0.2) is 0 Å². The van der Waals surface area contributed by atoms with Crippen LogP contribution in [0.4, 0.5) is 0 Å². The van der Waals surface area contributed by atoms with Crippen LogP contribution in [0, 0.1) is 0 Å². The van der Waals surface area contributed by atoms with Crippen molar-refractivity contribution in [1.29, 1.82) is 0 Å². The molecule has 0 bridgehead atoms. The van der Waals surface area contributed by atoms with E-state index in [4.69, 9.17) is 0 Å². The standard InChI is InChI=1S/C60H95NO3/c1-3-5-7-9-11-13-15-17-19-20-21-22-23-24-25-26-27-28-29-30-31-32-33-34-35-36-37-38-39-40-42-44-46-48-50-52-54-56-60(64)61-58(57-62)59(63)55-53-51-49-47-45-43-41-18-16-14-12-10-8-6-4-2/h5,7,11,13,17,19,21-22,24-25,27-28,30-31,33-34,36-37,39-40,44-47,53,55,58-59,62-63H,3-4,6,8-10,12,14-16,18,20,23,26,29,32,35,38,41-43,48-52,54,56-57H2,1-2H3,(H,61,64)/b7-5-,13-11-,19-17-,22-21-,25-24-,28-27-,31-30-,34-33-,37-36-,40-39-,46-44-,47-45+,55-53+. The van der Waals surface area contributed by atoms with Crippen LogP contribution in [0.5, 0.6) is 0 Å². The predicted octanol–water partition coefficient (Wildman–Crippen LogP) is 17.0. The Morgan fingerprint density at radius 2 is 0.703 bits per heavy atom. The first-order valence-corrected chi connectivity index (χ1v) is 25.7. The number of hydrogen-bond acceptors (Lipinski definition) is 3. The molecule has 0 aromatic carbocycles. The van der Waals surface area contributed by atoms with Crippen LogP contribution in [0.25, 0.3) is 0 Å². The van der Waals surface area contributed by atoms with Crippen molar-refractivity contribution < 1.29 is 15.0 Å². The molecule has 358 valence electrons. The minimum Gasteiger partial charge on any atom is -0.394 e. The first-order valence-electron chi connectivity index (χ1n) is 25.7. The molecule has 0 radical (unpaired) electrons. The SMILES string of the molecule is CC/C=C\C/C=C\C/C=C\C/C=C\C/C=C\C/C=C\C/C=C\C/C=C\C/C=C\C/C=C\C/C=C\CCCCCC(=O)NC(CO)C(O)/C=C/CC/C=C/CCCCCCCCCCC. The van der Waals surface area contributed by atoms with Gasteiger partial charge in [0.1, 0.15) is 0 Å². The Balaban J connectivity index is 3.77. The van der Waals surface area contributed by atoms with Crippen LogP contribution in [0.3, 0.4) is 0 Å². The largest absolute Gasteiger partial charge is 0.394 e. The third-order valence-electron chi connectivity index (χ3n) is 10.5. The Bertz CT molecular complexity index is 1410. The lowest BCUT2D eigenvalue weighted by Crippen LogP contribution is -2.45. The molecule has 2 unspecified atom stereocenters. The summed E-state index contributed by atoms with van der Waals surface area (Å²) in [6, 6.07) is -0.669. The van der Waals surface area contributed by atoms with Gasteiger partial charge in [0.15, 0.2) is 0 Å². The number of carbonyl (C=O) groups excluding carboxylic acids is 1. The maximum Gasteiger partial charge on any atom is 0.220 e. The summed E-state index contributed by atoms with van der Waals surface area (Å²) in [6.45, 7) is 4.15. The summed E-state index contributed by atoms with van der Waals surface area (Å²) < 4.78 is 0. The Morgan fingerprint density at radius 1 is 0.391 bits per heavy atom. The van der Waals surface area contributed by atoms with Crippen LogP contribution < -0.4 is 5.32 Å². The highest BCUT2D eigenvalue weighted by Crippen LogP contribution is 2.11. The Morgan fingerprint density at radius 3 is 1.09 bits per heavy atom. The number of unbranched alkanes of at least 4 members (excludes halogenated alkanes) is 13. The van der Waals surface area contributed by atoms with Crippen molar-refractivity contribution in [2.75, 3.05) is 6.61 Å². The van der Waals surface area contributed by atoms with Crippen LogP contribution in [0.1, 0.15) is 194 Å². The van der Waals surface area contributed by atoms with Crippen LogP contribution in [0.15, 0.2) is 158 Å². The van der Waals surface area contributed by atoms with E-state index in [9.17, 15) is 15.0 Å². The molecule has 0 fully saturated rings. The average Bonchev–Trinajstić information content (AvgIpc) is 3.30. The summed E-state index contributed by atoms with van der Waals surface area (Å²) in [5.41, 5.74) is 0. The van der Waals surface area contributed by atoms with E-state index in [2.05, 4.69) is 165 Å². The fraction of sp³-hybridized carbons (Fsp3) is 0.550. The van der Waals surface area contributed by atoms with E-state index in [0.29, 0.717) is 6.42 Å². The predicted molar refractivity (Wildman–Crippen MR) is 284 cm³/mol. The molecular weight excluding hydrogens is 783 g/mol. The molecule has 0 saturated carbocycles. The van der Waals surface area contributed by atoms with Gasteiger partial charge in [0.2, 0.25) is 5.91 Å². The van der Waals surface area contributed by atoms with Gasteiger partial charge in [-0.15, -0.1) is 0 Å². The van der Waals surface area contributed by atoms with Crippen LogP contribution in [0.2, 0.25) is 0 Å². The van der Waals surface area contributed by atoms with Gasteiger partial charge in [-0.2, -0.15) is 0 Å². The quantitative estimate of drug-likeness (QED) is 0.0422. The molecule has 0 rings (SSSR count). The van der Waals surface area contributed by atoms with E-state index >= 15 is 0 Å².